The van der Waals surface area contributed by atoms with Crippen molar-refractivity contribution in [2.24, 2.45) is 5.73 Å². The molecule has 2 fully saturated rings. The predicted octanol–water partition coefficient (Wildman–Crippen LogP) is 0.925. The first-order valence-corrected chi connectivity index (χ1v) is 8.53. The van der Waals surface area contributed by atoms with Gasteiger partial charge in [0.25, 0.3) is 0 Å². The maximum absolute atomic E-state index is 6.92. The van der Waals surface area contributed by atoms with Gasteiger partial charge in [0.15, 0.2) is 0 Å². The average molecular weight is 299 g/mol. The van der Waals surface area contributed by atoms with Crippen LogP contribution in [0, 0.1) is 0 Å². The molecule has 0 aromatic rings. The van der Waals surface area contributed by atoms with Gasteiger partial charge >= 0.3 is 0 Å². The van der Waals surface area contributed by atoms with Gasteiger partial charge in [0.2, 0.25) is 0 Å². The smallest absolute Gasteiger partial charge is 0.0594 e. The number of hydrogen-bond acceptors (Lipinski definition) is 5. The monoisotopic (exact) mass is 299 g/mol. The third-order valence-electron chi connectivity index (χ3n) is 5.18. The molecule has 0 bridgehead atoms. The molecule has 2 atom stereocenters. The van der Waals surface area contributed by atoms with Gasteiger partial charge in [-0.2, -0.15) is 0 Å². The highest BCUT2D eigenvalue weighted by molar-refractivity contribution is 5.03. The minimum absolute atomic E-state index is 0.210. The Bertz CT molecular complexity index is 272. The van der Waals surface area contributed by atoms with Crippen molar-refractivity contribution in [3.05, 3.63) is 0 Å². The molecule has 2 aliphatic rings. The predicted molar refractivity (Wildman–Crippen MR) is 85.5 cm³/mol. The summed E-state index contributed by atoms with van der Waals surface area (Å²) in [5.74, 6) is 0. The molecule has 0 aromatic heterocycles. The summed E-state index contributed by atoms with van der Waals surface area (Å²) >= 11 is 0. The van der Waals surface area contributed by atoms with Gasteiger partial charge in [-0.15, -0.1) is 0 Å². The molecular weight excluding hydrogens is 266 g/mol. The Labute approximate surface area is 129 Å². The van der Waals surface area contributed by atoms with E-state index in [-0.39, 0.29) is 5.54 Å². The summed E-state index contributed by atoms with van der Waals surface area (Å²) in [6.45, 7) is 14.1. The van der Waals surface area contributed by atoms with E-state index in [1.165, 1.54) is 0 Å². The number of nitrogens with zero attached hydrogens (tertiary/aromatic N) is 2. The molecule has 2 heterocycles. The molecular formula is C16H33N3O2. The normalized spacial score (nSPS) is 28.0. The standard InChI is InChI=1S/C16H33N3O2/c1-4-14(18-6-10-20-11-7-18)16(3,17)15(5-2)19-8-12-21-13-9-19/h14-15H,4-13,17H2,1-3H3. The number of hydrogen-bond donors (Lipinski definition) is 1. The first kappa shape index (κ1) is 17.2. The molecule has 21 heavy (non-hydrogen) atoms. The minimum Gasteiger partial charge on any atom is -0.379 e. The second-order valence-electron chi connectivity index (χ2n) is 6.51. The van der Waals surface area contributed by atoms with E-state index in [9.17, 15) is 0 Å². The van der Waals surface area contributed by atoms with Crippen molar-refractivity contribution < 1.29 is 9.47 Å². The summed E-state index contributed by atoms with van der Waals surface area (Å²) in [6.07, 6.45) is 2.18. The summed E-state index contributed by atoms with van der Waals surface area (Å²) < 4.78 is 11.0. The lowest BCUT2D eigenvalue weighted by atomic mass is 9.80. The van der Waals surface area contributed by atoms with Crippen LogP contribution in [0.3, 0.4) is 0 Å². The largest absolute Gasteiger partial charge is 0.379 e. The Morgan fingerprint density at radius 2 is 1.19 bits per heavy atom. The van der Waals surface area contributed by atoms with E-state index in [2.05, 4.69) is 30.6 Å². The SMILES string of the molecule is CCC(N1CCOCC1)C(C)(N)C(CC)N1CCOCC1. The molecule has 0 saturated carbocycles. The molecule has 2 unspecified atom stereocenters. The van der Waals surface area contributed by atoms with Crippen LogP contribution in [-0.2, 0) is 9.47 Å². The van der Waals surface area contributed by atoms with Gasteiger partial charge in [-0.05, 0) is 19.8 Å². The van der Waals surface area contributed by atoms with Crippen LogP contribution >= 0.6 is 0 Å². The Kier molecular flexibility index (Phi) is 6.44. The summed E-state index contributed by atoms with van der Waals surface area (Å²) in [4.78, 5) is 5.07. The fourth-order valence-electron chi connectivity index (χ4n) is 4.18. The zero-order valence-electron chi connectivity index (χ0n) is 14.0. The molecule has 2 N–H and O–H groups in total. The highest BCUT2D eigenvalue weighted by Crippen LogP contribution is 2.27. The van der Waals surface area contributed by atoms with Crippen molar-refractivity contribution in [1.29, 1.82) is 0 Å². The van der Waals surface area contributed by atoms with Crippen molar-refractivity contribution in [3.63, 3.8) is 0 Å². The third kappa shape index (κ3) is 3.96. The maximum Gasteiger partial charge on any atom is 0.0594 e. The first-order valence-electron chi connectivity index (χ1n) is 8.53. The van der Waals surface area contributed by atoms with E-state index in [0.29, 0.717) is 12.1 Å². The van der Waals surface area contributed by atoms with Gasteiger partial charge in [-0.25, -0.2) is 0 Å². The molecule has 0 spiro atoms. The van der Waals surface area contributed by atoms with Gasteiger partial charge in [-0.1, -0.05) is 13.8 Å². The summed E-state index contributed by atoms with van der Waals surface area (Å²) in [7, 11) is 0. The number of morpholine rings is 2. The Morgan fingerprint density at radius 3 is 1.48 bits per heavy atom. The second-order valence-corrected chi connectivity index (χ2v) is 6.51. The first-order chi connectivity index (χ1) is 10.1. The molecule has 5 heteroatoms. The number of rotatable bonds is 6. The minimum atomic E-state index is -0.210. The molecule has 2 rings (SSSR count). The molecule has 0 aliphatic carbocycles. The van der Waals surface area contributed by atoms with Crippen molar-refractivity contribution in [2.45, 2.75) is 51.2 Å². The van der Waals surface area contributed by atoms with Crippen LogP contribution in [0.5, 0.6) is 0 Å². The fraction of sp³-hybridized carbons (Fsp3) is 1.00. The van der Waals surface area contributed by atoms with Gasteiger partial charge in [0, 0.05) is 43.8 Å². The van der Waals surface area contributed by atoms with Crippen LogP contribution in [0.2, 0.25) is 0 Å². The van der Waals surface area contributed by atoms with Gasteiger partial charge < -0.3 is 15.2 Å². The van der Waals surface area contributed by atoms with Crippen LogP contribution in [-0.4, -0.2) is 80.0 Å². The summed E-state index contributed by atoms with van der Waals surface area (Å²) in [5.41, 5.74) is 6.71. The summed E-state index contributed by atoms with van der Waals surface area (Å²) in [5, 5.41) is 0. The van der Waals surface area contributed by atoms with Crippen LogP contribution in [0.4, 0.5) is 0 Å². The maximum atomic E-state index is 6.92. The van der Waals surface area contributed by atoms with E-state index in [1.807, 2.05) is 0 Å². The van der Waals surface area contributed by atoms with Crippen molar-refractivity contribution in [2.75, 3.05) is 52.6 Å². The molecule has 0 radical (unpaired) electrons. The van der Waals surface area contributed by atoms with Crippen molar-refractivity contribution in [1.82, 2.24) is 9.80 Å². The third-order valence-corrected chi connectivity index (χ3v) is 5.18. The Balaban J connectivity index is 2.10. The highest BCUT2D eigenvalue weighted by Gasteiger charge is 2.42. The van der Waals surface area contributed by atoms with Crippen LogP contribution < -0.4 is 5.73 Å². The molecule has 2 aliphatic heterocycles. The number of nitrogens with two attached hydrogens (primary N) is 1. The molecule has 5 nitrogen and oxygen atoms in total. The lowest BCUT2D eigenvalue weighted by molar-refractivity contribution is -0.0411. The quantitative estimate of drug-likeness (QED) is 0.790. The van der Waals surface area contributed by atoms with Crippen LogP contribution in [0.15, 0.2) is 0 Å². The Hall–Kier alpha value is -0.200. The highest BCUT2D eigenvalue weighted by atomic mass is 16.5. The average Bonchev–Trinajstić information content (AvgIpc) is 2.50. The fourth-order valence-corrected chi connectivity index (χ4v) is 4.18. The molecule has 0 amide bonds. The second kappa shape index (κ2) is 7.88. The molecule has 2 saturated heterocycles. The van der Waals surface area contributed by atoms with E-state index in [4.69, 9.17) is 15.2 Å². The zero-order chi connectivity index (χ0) is 15.3. The number of ether oxygens (including phenoxy) is 2. The van der Waals surface area contributed by atoms with E-state index < -0.39 is 0 Å². The van der Waals surface area contributed by atoms with Gasteiger partial charge in [0.1, 0.15) is 0 Å². The topological polar surface area (TPSA) is 51.0 Å². The van der Waals surface area contributed by atoms with Crippen LogP contribution in [0.1, 0.15) is 33.6 Å². The van der Waals surface area contributed by atoms with Crippen molar-refractivity contribution >= 4 is 0 Å². The lowest BCUT2D eigenvalue weighted by Crippen LogP contribution is -2.68. The van der Waals surface area contributed by atoms with Crippen LogP contribution in [0.25, 0.3) is 0 Å². The van der Waals surface area contributed by atoms with Crippen molar-refractivity contribution in [3.8, 4) is 0 Å². The zero-order valence-corrected chi connectivity index (χ0v) is 14.0. The molecule has 124 valence electrons. The van der Waals surface area contributed by atoms with Gasteiger partial charge in [0.05, 0.1) is 26.4 Å². The van der Waals surface area contributed by atoms with E-state index in [0.717, 1.165) is 65.4 Å². The Morgan fingerprint density at radius 1 is 0.857 bits per heavy atom. The van der Waals surface area contributed by atoms with E-state index >= 15 is 0 Å². The summed E-state index contributed by atoms with van der Waals surface area (Å²) in [6, 6.07) is 0.823. The molecule has 0 aromatic carbocycles. The lowest BCUT2D eigenvalue weighted by Gasteiger charge is -2.50. The van der Waals surface area contributed by atoms with E-state index in [1.54, 1.807) is 0 Å². The van der Waals surface area contributed by atoms with Gasteiger partial charge in [-0.3, -0.25) is 9.80 Å².